The number of rotatable bonds is 3. The van der Waals surface area contributed by atoms with Crippen LogP contribution in [0.1, 0.15) is 10.4 Å². The molecule has 0 aliphatic rings. The van der Waals surface area contributed by atoms with Crippen LogP contribution in [-0.4, -0.2) is 20.8 Å². The molecule has 0 atom stereocenters. The molecule has 0 aliphatic carbocycles. The molecule has 0 radical (unpaired) electrons. The van der Waals surface area contributed by atoms with E-state index in [4.69, 9.17) is 23.2 Å². The van der Waals surface area contributed by atoms with Gasteiger partial charge in [0, 0.05) is 12.3 Å². The van der Waals surface area contributed by atoms with Gasteiger partial charge in [-0.3, -0.25) is 14.9 Å². The lowest BCUT2D eigenvalue weighted by Crippen LogP contribution is -2.15. The van der Waals surface area contributed by atoms with Crippen molar-refractivity contribution in [1.29, 1.82) is 0 Å². The first-order valence-electron chi connectivity index (χ1n) is 5.22. The molecule has 102 valence electrons. The van der Waals surface area contributed by atoms with Crippen molar-refractivity contribution in [3.8, 4) is 0 Å². The van der Waals surface area contributed by atoms with Gasteiger partial charge >= 0.3 is 5.69 Å². The largest absolute Gasteiger partial charge is 0.311 e. The van der Waals surface area contributed by atoms with Crippen LogP contribution < -0.4 is 5.32 Å². The highest BCUT2D eigenvalue weighted by Crippen LogP contribution is 2.25. The van der Waals surface area contributed by atoms with E-state index < -0.39 is 10.8 Å². The number of pyridine rings is 2. The van der Waals surface area contributed by atoms with Gasteiger partial charge in [-0.2, -0.15) is 0 Å². The van der Waals surface area contributed by atoms with Crippen LogP contribution in [0.15, 0.2) is 30.5 Å². The first-order chi connectivity index (χ1) is 9.49. The lowest BCUT2D eigenvalue weighted by Gasteiger charge is -2.06. The molecule has 2 heterocycles. The zero-order chi connectivity index (χ0) is 14.7. The fourth-order valence-corrected chi connectivity index (χ4v) is 1.75. The number of halogens is 2. The van der Waals surface area contributed by atoms with Crippen LogP contribution in [0.4, 0.5) is 11.5 Å². The fourth-order valence-electron chi connectivity index (χ4n) is 1.40. The van der Waals surface area contributed by atoms with Gasteiger partial charge in [-0.1, -0.05) is 23.2 Å². The summed E-state index contributed by atoms with van der Waals surface area (Å²) >= 11 is 11.4. The summed E-state index contributed by atoms with van der Waals surface area (Å²) in [6.07, 6.45) is 1.42. The second-order valence-electron chi connectivity index (χ2n) is 3.55. The number of aromatic nitrogens is 2. The quantitative estimate of drug-likeness (QED) is 0.533. The molecule has 0 bridgehead atoms. The number of nitrogens with one attached hydrogen (secondary N) is 1. The number of carbonyl (C=O) groups is 1. The van der Waals surface area contributed by atoms with Crippen molar-refractivity contribution in [2.75, 3.05) is 5.32 Å². The van der Waals surface area contributed by atoms with E-state index in [-0.39, 0.29) is 27.4 Å². The molecule has 0 saturated carbocycles. The van der Waals surface area contributed by atoms with Crippen LogP contribution in [-0.2, 0) is 0 Å². The lowest BCUT2D eigenvalue weighted by atomic mass is 10.2. The van der Waals surface area contributed by atoms with Crippen molar-refractivity contribution in [3.05, 3.63) is 56.4 Å². The fraction of sp³-hybridized carbons (Fsp3) is 0. The third kappa shape index (κ3) is 3.01. The summed E-state index contributed by atoms with van der Waals surface area (Å²) < 4.78 is 0. The highest BCUT2D eigenvalue weighted by atomic mass is 35.5. The molecule has 0 aliphatic heterocycles. The Morgan fingerprint density at radius 3 is 2.70 bits per heavy atom. The summed E-state index contributed by atoms with van der Waals surface area (Å²) in [4.78, 5) is 29.6. The molecule has 0 saturated heterocycles. The zero-order valence-electron chi connectivity index (χ0n) is 9.71. The standard InChI is InChI=1S/C11H6Cl2N4O3/c12-8-4-3-7(17(19)20)10(15-8)16-11(18)6-2-1-5-14-9(6)13/h1-5H,(H,15,16,18). The van der Waals surface area contributed by atoms with E-state index in [1.807, 2.05) is 0 Å². The van der Waals surface area contributed by atoms with Crippen LogP contribution >= 0.6 is 23.2 Å². The maximum absolute atomic E-state index is 12.0. The van der Waals surface area contributed by atoms with Crippen LogP contribution in [0.5, 0.6) is 0 Å². The second kappa shape index (κ2) is 5.81. The van der Waals surface area contributed by atoms with Crippen molar-refractivity contribution < 1.29 is 9.72 Å². The number of nitrogens with zero attached hydrogens (tertiary/aromatic N) is 3. The second-order valence-corrected chi connectivity index (χ2v) is 4.30. The molecule has 7 nitrogen and oxygen atoms in total. The Hall–Kier alpha value is -2.25. The number of hydrogen-bond acceptors (Lipinski definition) is 5. The monoisotopic (exact) mass is 312 g/mol. The Morgan fingerprint density at radius 2 is 2.05 bits per heavy atom. The van der Waals surface area contributed by atoms with Crippen molar-refractivity contribution in [2.45, 2.75) is 0 Å². The van der Waals surface area contributed by atoms with Gasteiger partial charge in [-0.15, -0.1) is 0 Å². The molecule has 0 spiro atoms. The molecule has 2 rings (SSSR count). The van der Waals surface area contributed by atoms with Crippen molar-refractivity contribution in [1.82, 2.24) is 9.97 Å². The van der Waals surface area contributed by atoms with E-state index in [0.717, 1.165) is 6.07 Å². The van der Waals surface area contributed by atoms with E-state index in [1.165, 1.54) is 24.4 Å². The highest BCUT2D eigenvalue weighted by Gasteiger charge is 2.20. The van der Waals surface area contributed by atoms with Gasteiger partial charge in [-0.05, 0) is 18.2 Å². The minimum atomic E-state index is -0.677. The molecule has 2 aromatic heterocycles. The average molecular weight is 313 g/mol. The Balaban J connectivity index is 2.35. The van der Waals surface area contributed by atoms with Gasteiger partial charge in [-0.25, -0.2) is 9.97 Å². The van der Waals surface area contributed by atoms with Crippen molar-refractivity contribution >= 4 is 40.6 Å². The molecule has 1 N–H and O–H groups in total. The summed E-state index contributed by atoms with van der Waals surface area (Å²) in [6.45, 7) is 0. The molecular formula is C11H6Cl2N4O3. The number of carbonyl (C=O) groups excluding carboxylic acids is 1. The lowest BCUT2D eigenvalue weighted by molar-refractivity contribution is -0.384. The number of hydrogen-bond donors (Lipinski definition) is 1. The first kappa shape index (κ1) is 14.2. The van der Waals surface area contributed by atoms with Crippen molar-refractivity contribution in [3.63, 3.8) is 0 Å². The molecule has 9 heteroatoms. The van der Waals surface area contributed by atoms with Gasteiger partial charge in [0.25, 0.3) is 5.91 Å². The third-order valence-corrected chi connectivity index (χ3v) is 2.78. The zero-order valence-corrected chi connectivity index (χ0v) is 11.2. The minimum absolute atomic E-state index is 0.0168. The average Bonchev–Trinajstić information content (AvgIpc) is 2.38. The van der Waals surface area contributed by atoms with Gasteiger partial charge in [0.2, 0.25) is 5.82 Å². The SMILES string of the molecule is O=C(Nc1nc(Cl)ccc1[N+](=O)[O-])c1cccnc1Cl. The van der Waals surface area contributed by atoms with Gasteiger partial charge < -0.3 is 5.32 Å². The van der Waals surface area contributed by atoms with E-state index in [1.54, 1.807) is 0 Å². The number of nitro groups is 1. The normalized spacial score (nSPS) is 10.1. The Kier molecular flexibility index (Phi) is 4.11. The number of amides is 1. The maximum atomic E-state index is 12.0. The molecule has 0 unspecified atom stereocenters. The summed E-state index contributed by atoms with van der Waals surface area (Å²) in [6, 6.07) is 5.35. The van der Waals surface area contributed by atoms with E-state index >= 15 is 0 Å². The molecule has 20 heavy (non-hydrogen) atoms. The third-order valence-electron chi connectivity index (χ3n) is 2.27. The number of anilines is 1. The summed E-state index contributed by atoms with van der Waals surface area (Å²) in [5, 5.41) is 13.1. The maximum Gasteiger partial charge on any atom is 0.311 e. The molecule has 0 fully saturated rings. The Bertz CT molecular complexity index is 693. The molecule has 1 amide bonds. The Labute approximate surface area is 122 Å². The summed E-state index contributed by atoms with van der Waals surface area (Å²) in [7, 11) is 0. The van der Waals surface area contributed by atoms with Gasteiger partial charge in [0.05, 0.1) is 10.5 Å². The summed E-state index contributed by atoms with van der Waals surface area (Å²) in [5.41, 5.74) is -0.298. The molecule has 0 aromatic carbocycles. The van der Waals surface area contributed by atoms with E-state index in [2.05, 4.69) is 15.3 Å². The van der Waals surface area contributed by atoms with Crippen molar-refractivity contribution in [2.24, 2.45) is 0 Å². The van der Waals surface area contributed by atoms with Gasteiger partial charge in [0.1, 0.15) is 10.3 Å². The van der Waals surface area contributed by atoms with Crippen LogP contribution in [0, 0.1) is 10.1 Å². The highest BCUT2D eigenvalue weighted by molar-refractivity contribution is 6.33. The smallest absolute Gasteiger partial charge is 0.301 e. The van der Waals surface area contributed by atoms with E-state index in [0.29, 0.717) is 0 Å². The molecule has 2 aromatic rings. The van der Waals surface area contributed by atoms with Crippen LogP contribution in [0.2, 0.25) is 10.3 Å². The predicted octanol–water partition coefficient (Wildman–Crippen LogP) is 2.94. The Morgan fingerprint density at radius 1 is 1.30 bits per heavy atom. The van der Waals surface area contributed by atoms with Gasteiger partial charge in [0.15, 0.2) is 0 Å². The predicted molar refractivity (Wildman–Crippen MR) is 73.1 cm³/mol. The minimum Gasteiger partial charge on any atom is -0.301 e. The first-order valence-corrected chi connectivity index (χ1v) is 5.97. The van der Waals surface area contributed by atoms with Crippen LogP contribution in [0.25, 0.3) is 0 Å². The topological polar surface area (TPSA) is 98.0 Å². The van der Waals surface area contributed by atoms with E-state index in [9.17, 15) is 14.9 Å². The summed E-state index contributed by atoms with van der Waals surface area (Å²) in [5.74, 6) is -0.923. The van der Waals surface area contributed by atoms with Crippen LogP contribution in [0.3, 0.4) is 0 Å². The molecular weight excluding hydrogens is 307 g/mol.